The largest absolute Gasteiger partial charge is 0.383 e. The molecule has 0 spiro atoms. The van der Waals surface area contributed by atoms with E-state index in [1.165, 1.54) is 27.8 Å². The molecule has 2 heterocycles. The third kappa shape index (κ3) is 4.76. The molecule has 3 aromatic carbocycles. The van der Waals surface area contributed by atoms with Crippen molar-refractivity contribution in [2.24, 2.45) is 10.9 Å². The zero-order chi connectivity index (χ0) is 25.3. The number of thiazole rings is 1. The molecule has 36 heavy (non-hydrogen) atoms. The van der Waals surface area contributed by atoms with E-state index in [2.05, 4.69) is 30.1 Å². The molecule has 0 N–H and O–H groups in total. The van der Waals surface area contributed by atoms with Crippen LogP contribution in [-0.2, 0) is 21.3 Å². The summed E-state index contributed by atoms with van der Waals surface area (Å²) < 4.78 is 35.9. The first-order valence-electron chi connectivity index (χ1n) is 12.1. The number of sulfonamides is 1. The SMILES string of the molecule is COCCn1c(=NC(=O)c2ccc(S(=O)(=O)N3CCC(C)CC3)cc2)sc2c3ccccc3ccc21. The summed E-state index contributed by atoms with van der Waals surface area (Å²) in [6.07, 6.45) is 1.73. The molecule has 1 fully saturated rings. The average molecular weight is 524 g/mol. The van der Waals surface area contributed by atoms with E-state index in [4.69, 9.17) is 4.74 Å². The summed E-state index contributed by atoms with van der Waals surface area (Å²) in [6, 6.07) is 18.4. The van der Waals surface area contributed by atoms with E-state index < -0.39 is 15.9 Å². The molecule has 9 heteroatoms. The topological polar surface area (TPSA) is 81.0 Å². The zero-order valence-corrected chi connectivity index (χ0v) is 22.0. The summed E-state index contributed by atoms with van der Waals surface area (Å²) in [4.78, 5) is 18.3. The van der Waals surface area contributed by atoms with Gasteiger partial charge >= 0.3 is 0 Å². The fraction of sp³-hybridized carbons (Fsp3) is 0.333. The number of hydrogen-bond acceptors (Lipinski definition) is 5. The number of fused-ring (bicyclic) bond motifs is 3. The van der Waals surface area contributed by atoms with Gasteiger partial charge in [0.2, 0.25) is 10.0 Å². The minimum Gasteiger partial charge on any atom is -0.383 e. The van der Waals surface area contributed by atoms with Crippen LogP contribution in [0.1, 0.15) is 30.1 Å². The maximum Gasteiger partial charge on any atom is 0.279 e. The number of nitrogens with zero attached hydrogens (tertiary/aromatic N) is 3. The van der Waals surface area contributed by atoms with Crippen molar-refractivity contribution >= 4 is 48.3 Å². The van der Waals surface area contributed by atoms with Crippen molar-refractivity contribution in [2.45, 2.75) is 31.2 Å². The Morgan fingerprint density at radius 3 is 2.50 bits per heavy atom. The fourth-order valence-corrected chi connectivity index (χ4v) is 7.24. The predicted octanol–water partition coefficient (Wildman–Crippen LogP) is 4.66. The van der Waals surface area contributed by atoms with Crippen molar-refractivity contribution in [1.82, 2.24) is 8.87 Å². The van der Waals surface area contributed by atoms with Gasteiger partial charge in [-0.3, -0.25) is 4.79 Å². The van der Waals surface area contributed by atoms with Crippen LogP contribution >= 0.6 is 11.3 Å². The molecule has 7 nitrogen and oxygen atoms in total. The average Bonchev–Trinajstić information content (AvgIpc) is 3.25. The number of hydrogen-bond donors (Lipinski definition) is 0. The first-order chi connectivity index (χ1) is 17.4. The lowest BCUT2D eigenvalue weighted by atomic mass is 10.0. The number of carbonyl (C=O) groups excluding carboxylic acids is 1. The second-order valence-corrected chi connectivity index (χ2v) is 12.1. The molecule has 0 unspecified atom stereocenters. The molecule has 0 bridgehead atoms. The minimum absolute atomic E-state index is 0.206. The number of carbonyl (C=O) groups is 1. The van der Waals surface area contributed by atoms with Crippen molar-refractivity contribution in [3.63, 3.8) is 0 Å². The zero-order valence-electron chi connectivity index (χ0n) is 20.4. The number of amides is 1. The van der Waals surface area contributed by atoms with E-state index in [1.807, 2.05) is 22.8 Å². The molecule has 0 aliphatic carbocycles. The van der Waals surface area contributed by atoms with Crippen LogP contribution in [0, 0.1) is 5.92 Å². The van der Waals surface area contributed by atoms with Crippen LogP contribution in [0.25, 0.3) is 21.0 Å². The summed E-state index contributed by atoms with van der Waals surface area (Å²) >= 11 is 1.47. The van der Waals surface area contributed by atoms with E-state index in [9.17, 15) is 13.2 Å². The standard InChI is InChI=1S/C27H29N3O4S2/c1-19-13-15-29(16-14-19)36(32,33)22-10-7-21(8-11-22)26(31)28-27-30(17-18-34-2)24-12-9-20-5-3-4-6-23(20)25(24)35-27/h3-12,19H,13-18H2,1-2H3. The monoisotopic (exact) mass is 523 g/mol. The van der Waals surface area contributed by atoms with Crippen molar-refractivity contribution in [2.75, 3.05) is 26.8 Å². The van der Waals surface area contributed by atoms with Crippen molar-refractivity contribution in [3.05, 3.63) is 71.0 Å². The van der Waals surface area contributed by atoms with Crippen LogP contribution in [-0.4, -0.2) is 50.0 Å². The van der Waals surface area contributed by atoms with Gasteiger partial charge in [-0.05, 0) is 54.5 Å². The molecule has 4 aromatic rings. The van der Waals surface area contributed by atoms with Crippen LogP contribution in [0.5, 0.6) is 0 Å². The molecule has 188 valence electrons. The van der Waals surface area contributed by atoms with E-state index in [0.717, 1.165) is 33.8 Å². The molecule has 0 atom stereocenters. The minimum atomic E-state index is -3.57. The van der Waals surface area contributed by atoms with Gasteiger partial charge in [-0.2, -0.15) is 9.30 Å². The third-order valence-corrected chi connectivity index (χ3v) is 9.81. The van der Waals surface area contributed by atoms with Gasteiger partial charge in [0.1, 0.15) is 0 Å². The number of ether oxygens (including phenoxy) is 1. The van der Waals surface area contributed by atoms with E-state index in [0.29, 0.717) is 42.5 Å². The van der Waals surface area contributed by atoms with Crippen LogP contribution in [0.4, 0.5) is 0 Å². The number of rotatable bonds is 6. The lowest BCUT2D eigenvalue weighted by Crippen LogP contribution is -2.37. The lowest BCUT2D eigenvalue weighted by molar-refractivity contribution is 0.0997. The molecule has 1 amide bonds. The van der Waals surface area contributed by atoms with Crippen molar-refractivity contribution in [1.29, 1.82) is 0 Å². The van der Waals surface area contributed by atoms with E-state index in [-0.39, 0.29) is 4.90 Å². The Morgan fingerprint density at radius 2 is 1.78 bits per heavy atom. The highest BCUT2D eigenvalue weighted by molar-refractivity contribution is 7.89. The van der Waals surface area contributed by atoms with Gasteiger partial charge in [0, 0.05) is 37.7 Å². The third-order valence-electron chi connectivity index (χ3n) is 6.77. The summed E-state index contributed by atoms with van der Waals surface area (Å²) in [5, 5.41) is 2.24. The number of methoxy groups -OCH3 is 1. The Kier molecular flexibility index (Phi) is 7.07. The smallest absolute Gasteiger partial charge is 0.279 e. The summed E-state index contributed by atoms with van der Waals surface area (Å²) in [6.45, 7) is 4.25. The van der Waals surface area contributed by atoms with E-state index >= 15 is 0 Å². The highest BCUT2D eigenvalue weighted by Gasteiger charge is 2.28. The normalized spacial score (nSPS) is 16.2. The van der Waals surface area contributed by atoms with Gasteiger partial charge in [0.15, 0.2) is 4.80 Å². The number of piperidine rings is 1. The maximum absolute atomic E-state index is 13.1. The van der Waals surface area contributed by atoms with Gasteiger partial charge in [-0.25, -0.2) is 8.42 Å². The van der Waals surface area contributed by atoms with Crippen molar-refractivity contribution < 1.29 is 17.9 Å². The Hall–Kier alpha value is -2.85. The second-order valence-electron chi connectivity index (χ2n) is 9.19. The molecule has 5 rings (SSSR count). The van der Waals surface area contributed by atoms with Crippen molar-refractivity contribution in [3.8, 4) is 0 Å². The Bertz CT molecular complexity index is 1580. The van der Waals surface area contributed by atoms with Gasteiger partial charge in [0.05, 0.1) is 21.7 Å². The Labute approximate surface area is 214 Å². The highest BCUT2D eigenvalue weighted by Crippen LogP contribution is 2.28. The summed E-state index contributed by atoms with van der Waals surface area (Å²) in [5.74, 6) is 0.129. The summed E-state index contributed by atoms with van der Waals surface area (Å²) in [5.41, 5.74) is 1.35. The second kappa shape index (κ2) is 10.3. The van der Waals surface area contributed by atoms with Crippen LogP contribution in [0.3, 0.4) is 0 Å². The fourth-order valence-electron chi connectivity index (χ4n) is 4.58. The molecule has 1 aliphatic heterocycles. The molecule has 1 saturated heterocycles. The van der Waals surface area contributed by atoms with Crippen LogP contribution in [0.15, 0.2) is 70.6 Å². The van der Waals surface area contributed by atoms with Gasteiger partial charge in [-0.15, -0.1) is 0 Å². The molecule has 1 aromatic heterocycles. The molecule has 0 saturated carbocycles. The van der Waals surface area contributed by atoms with E-state index in [1.54, 1.807) is 19.2 Å². The Morgan fingerprint density at radius 1 is 1.06 bits per heavy atom. The van der Waals surface area contributed by atoms with Gasteiger partial charge in [-0.1, -0.05) is 48.6 Å². The Balaban J connectivity index is 1.48. The number of benzene rings is 3. The maximum atomic E-state index is 13.1. The quantitative estimate of drug-likeness (QED) is 0.368. The lowest BCUT2D eigenvalue weighted by Gasteiger charge is -2.29. The van der Waals surface area contributed by atoms with Crippen LogP contribution < -0.4 is 4.80 Å². The van der Waals surface area contributed by atoms with Gasteiger partial charge < -0.3 is 9.30 Å². The highest BCUT2D eigenvalue weighted by atomic mass is 32.2. The number of aromatic nitrogens is 1. The first-order valence-corrected chi connectivity index (χ1v) is 14.3. The first kappa shape index (κ1) is 24.8. The van der Waals surface area contributed by atoms with Gasteiger partial charge in [0.25, 0.3) is 5.91 Å². The summed E-state index contributed by atoms with van der Waals surface area (Å²) in [7, 11) is -1.92. The predicted molar refractivity (Wildman–Crippen MR) is 143 cm³/mol. The van der Waals surface area contributed by atoms with Crippen LogP contribution in [0.2, 0.25) is 0 Å². The molecular formula is C27H29N3O4S2. The molecule has 0 radical (unpaired) electrons. The molecule has 1 aliphatic rings. The molecular weight excluding hydrogens is 494 g/mol.